The number of hydrogen-bond acceptors (Lipinski definition) is 2. The Hall–Kier alpha value is -1.70. The number of aliphatic carboxylic acids is 1. The Kier molecular flexibility index (Phi) is 3.61. The van der Waals surface area contributed by atoms with Gasteiger partial charge < -0.3 is 15.3 Å². The van der Waals surface area contributed by atoms with Crippen LogP contribution in [0.4, 0.5) is 4.79 Å². The molecule has 18 heavy (non-hydrogen) atoms. The van der Waals surface area contributed by atoms with E-state index in [2.05, 4.69) is 38.9 Å². The van der Waals surface area contributed by atoms with Gasteiger partial charge in [-0.15, -0.1) is 6.42 Å². The van der Waals surface area contributed by atoms with Crippen LogP contribution >= 0.6 is 0 Å². The maximum absolute atomic E-state index is 12.0. The van der Waals surface area contributed by atoms with E-state index < -0.39 is 12.0 Å². The van der Waals surface area contributed by atoms with Gasteiger partial charge in [0.25, 0.3) is 0 Å². The molecule has 5 nitrogen and oxygen atoms in total. The Morgan fingerprint density at radius 3 is 2.17 bits per heavy atom. The summed E-state index contributed by atoms with van der Waals surface area (Å²) in [6.45, 7) is 7.89. The highest BCUT2D eigenvalue weighted by Crippen LogP contribution is 2.62. The first kappa shape index (κ1) is 14.4. The molecule has 2 N–H and O–H groups in total. The van der Waals surface area contributed by atoms with E-state index in [1.807, 2.05) is 0 Å². The topological polar surface area (TPSA) is 69.6 Å². The summed E-state index contributed by atoms with van der Waals surface area (Å²) in [4.78, 5) is 23.7. The number of urea groups is 1. The maximum atomic E-state index is 12.0. The largest absolute Gasteiger partial charge is 0.480 e. The molecule has 1 fully saturated rings. The van der Waals surface area contributed by atoms with Gasteiger partial charge in [0.15, 0.2) is 0 Å². The van der Waals surface area contributed by atoms with Gasteiger partial charge in [-0.2, -0.15) is 0 Å². The molecule has 2 amide bonds. The molecule has 100 valence electrons. The van der Waals surface area contributed by atoms with Crippen molar-refractivity contribution >= 4 is 12.0 Å². The Bertz CT molecular complexity index is 393. The van der Waals surface area contributed by atoms with Crippen molar-refractivity contribution in [1.29, 1.82) is 0 Å². The molecule has 0 spiro atoms. The molecule has 5 heteroatoms. The minimum absolute atomic E-state index is 0.00764. The monoisotopic (exact) mass is 252 g/mol. The van der Waals surface area contributed by atoms with Gasteiger partial charge in [0.2, 0.25) is 0 Å². The van der Waals surface area contributed by atoms with E-state index in [0.29, 0.717) is 0 Å². The first-order valence-corrected chi connectivity index (χ1v) is 5.85. The van der Waals surface area contributed by atoms with Crippen molar-refractivity contribution in [1.82, 2.24) is 10.2 Å². The minimum Gasteiger partial charge on any atom is -0.480 e. The van der Waals surface area contributed by atoms with Crippen molar-refractivity contribution in [3.05, 3.63) is 0 Å². The lowest BCUT2D eigenvalue weighted by atomic mass is 10.0. The van der Waals surface area contributed by atoms with Gasteiger partial charge in [-0.25, -0.2) is 4.79 Å². The molecule has 0 atom stereocenters. The SMILES string of the molecule is C#CCN(CC(=O)O)C(=O)NC1C(C)(C)C1(C)C. The summed E-state index contributed by atoms with van der Waals surface area (Å²) in [6.07, 6.45) is 5.13. The summed E-state index contributed by atoms with van der Waals surface area (Å²) in [7, 11) is 0. The van der Waals surface area contributed by atoms with Gasteiger partial charge in [-0.05, 0) is 10.8 Å². The van der Waals surface area contributed by atoms with E-state index in [4.69, 9.17) is 11.5 Å². The quantitative estimate of drug-likeness (QED) is 0.737. The number of carboxylic acid groups (broad SMARTS) is 1. The van der Waals surface area contributed by atoms with Crippen LogP contribution in [0.3, 0.4) is 0 Å². The van der Waals surface area contributed by atoms with E-state index in [1.165, 1.54) is 0 Å². The zero-order valence-electron chi connectivity index (χ0n) is 11.3. The summed E-state index contributed by atoms with van der Waals surface area (Å²) in [6, 6.07) is -0.384. The summed E-state index contributed by atoms with van der Waals surface area (Å²) in [5, 5.41) is 11.6. The van der Waals surface area contributed by atoms with Crippen LogP contribution < -0.4 is 5.32 Å². The first-order valence-electron chi connectivity index (χ1n) is 5.85. The predicted molar refractivity (Wildman–Crippen MR) is 67.9 cm³/mol. The molecule has 1 aliphatic rings. The molecule has 0 saturated heterocycles. The van der Waals surface area contributed by atoms with Crippen LogP contribution in [0, 0.1) is 23.2 Å². The lowest BCUT2D eigenvalue weighted by molar-refractivity contribution is -0.137. The van der Waals surface area contributed by atoms with E-state index in [0.717, 1.165) is 4.90 Å². The highest BCUT2D eigenvalue weighted by molar-refractivity contribution is 5.81. The lowest BCUT2D eigenvalue weighted by Crippen LogP contribution is -2.45. The smallest absolute Gasteiger partial charge is 0.323 e. The number of terminal acetylenes is 1. The number of nitrogens with one attached hydrogen (secondary N) is 1. The highest BCUT2D eigenvalue weighted by Gasteiger charge is 2.65. The first-order chi connectivity index (χ1) is 8.14. The Morgan fingerprint density at radius 1 is 1.33 bits per heavy atom. The van der Waals surface area contributed by atoms with Crippen LogP contribution in [0.2, 0.25) is 0 Å². The standard InChI is InChI=1S/C13H20N2O3/c1-6-7-15(8-9(16)17)11(18)14-10-12(2,3)13(10,4)5/h1,10H,7-8H2,2-5H3,(H,14,18)(H,16,17). The Labute approximate surface area is 108 Å². The van der Waals surface area contributed by atoms with E-state index in [-0.39, 0.29) is 30.0 Å². The van der Waals surface area contributed by atoms with E-state index in [9.17, 15) is 9.59 Å². The van der Waals surface area contributed by atoms with Crippen molar-refractivity contribution in [2.75, 3.05) is 13.1 Å². The van der Waals surface area contributed by atoms with Crippen molar-refractivity contribution in [3.63, 3.8) is 0 Å². The predicted octanol–water partition coefficient (Wildman–Crippen LogP) is 1.15. The van der Waals surface area contributed by atoms with E-state index >= 15 is 0 Å². The molecule has 0 aromatic rings. The van der Waals surface area contributed by atoms with Crippen molar-refractivity contribution in [3.8, 4) is 12.3 Å². The second-order valence-corrected chi connectivity index (χ2v) is 5.78. The summed E-state index contributed by atoms with van der Waals surface area (Å²) in [5.74, 6) is 1.22. The van der Waals surface area contributed by atoms with Crippen LogP contribution in [-0.2, 0) is 4.79 Å². The minimum atomic E-state index is -1.07. The fraction of sp³-hybridized carbons (Fsp3) is 0.692. The van der Waals surface area contributed by atoms with Crippen molar-refractivity contribution in [2.24, 2.45) is 10.8 Å². The molecule has 0 bridgehead atoms. The summed E-state index contributed by atoms with van der Waals surface area (Å²) < 4.78 is 0. The molecular weight excluding hydrogens is 232 g/mol. The molecule has 1 rings (SSSR count). The van der Waals surface area contributed by atoms with Crippen LogP contribution in [0.15, 0.2) is 0 Å². The lowest BCUT2D eigenvalue weighted by Gasteiger charge is -2.19. The Balaban J connectivity index is 2.65. The van der Waals surface area contributed by atoms with E-state index in [1.54, 1.807) is 0 Å². The zero-order valence-corrected chi connectivity index (χ0v) is 11.3. The van der Waals surface area contributed by atoms with Crippen LogP contribution in [0.1, 0.15) is 27.7 Å². The molecule has 0 radical (unpaired) electrons. The zero-order chi connectivity index (χ0) is 14.1. The molecule has 0 heterocycles. The van der Waals surface area contributed by atoms with Gasteiger partial charge in [0.05, 0.1) is 6.54 Å². The molecular formula is C13H20N2O3. The third-order valence-corrected chi connectivity index (χ3v) is 4.18. The fourth-order valence-electron chi connectivity index (χ4n) is 2.24. The highest BCUT2D eigenvalue weighted by atomic mass is 16.4. The molecule has 0 aromatic heterocycles. The fourth-order valence-corrected chi connectivity index (χ4v) is 2.24. The van der Waals surface area contributed by atoms with Crippen LogP contribution in [-0.4, -0.2) is 41.1 Å². The summed E-state index contributed by atoms with van der Waals surface area (Å²) in [5.41, 5.74) is 0.0153. The van der Waals surface area contributed by atoms with Crippen molar-refractivity contribution in [2.45, 2.75) is 33.7 Å². The second-order valence-electron chi connectivity index (χ2n) is 5.78. The number of amides is 2. The maximum Gasteiger partial charge on any atom is 0.323 e. The van der Waals surface area contributed by atoms with Gasteiger partial charge in [0, 0.05) is 6.04 Å². The van der Waals surface area contributed by atoms with Gasteiger partial charge in [-0.1, -0.05) is 33.6 Å². The van der Waals surface area contributed by atoms with Crippen molar-refractivity contribution < 1.29 is 14.7 Å². The van der Waals surface area contributed by atoms with Gasteiger partial charge in [-0.3, -0.25) is 4.79 Å². The number of hydrogen-bond donors (Lipinski definition) is 2. The van der Waals surface area contributed by atoms with Crippen LogP contribution in [0.25, 0.3) is 0 Å². The summed E-state index contributed by atoms with van der Waals surface area (Å²) >= 11 is 0. The Morgan fingerprint density at radius 2 is 1.83 bits per heavy atom. The van der Waals surface area contributed by atoms with Crippen LogP contribution in [0.5, 0.6) is 0 Å². The number of carboxylic acids is 1. The molecule has 0 unspecified atom stereocenters. The van der Waals surface area contributed by atoms with Gasteiger partial charge in [0.1, 0.15) is 6.54 Å². The number of carbonyl (C=O) groups is 2. The average Bonchev–Trinajstić information content (AvgIpc) is 2.59. The molecule has 0 aliphatic heterocycles. The third kappa shape index (κ3) is 2.42. The normalized spacial score (nSPS) is 19.7. The molecule has 0 aromatic carbocycles. The number of nitrogens with zero attached hydrogens (tertiary/aromatic N) is 1. The van der Waals surface area contributed by atoms with Gasteiger partial charge >= 0.3 is 12.0 Å². The average molecular weight is 252 g/mol. The number of rotatable bonds is 4. The second kappa shape index (κ2) is 4.52. The number of carbonyl (C=O) groups excluding carboxylic acids is 1. The third-order valence-electron chi connectivity index (χ3n) is 4.18. The molecule has 1 saturated carbocycles. The molecule has 1 aliphatic carbocycles.